The minimum absolute atomic E-state index is 0.0635. The molecule has 0 bridgehead atoms. The van der Waals surface area contributed by atoms with Gasteiger partial charge in [0, 0.05) is 12.6 Å². The van der Waals surface area contributed by atoms with Gasteiger partial charge in [0.1, 0.15) is 0 Å². The largest absolute Gasteiger partial charge is 0.469 e. The predicted molar refractivity (Wildman–Crippen MR) is 91.0 cm³/mol. The van der Waals surface area contributed by atoms with E-state index >= 15 is 0 Å². The van der Waals surface area contributed by atoms with Crippen LogP contribution < -0.4 is 0 Å². The Bertz CT molecular complexity index is 705. The highest BCUT2D eigenvalue weighted by atomic mass is 32.2. The molecule has 0 amide bonds. The van der Waals surface area contributed by atoms with Crippen molar-refractivity contribution >= 4 is 16.0 Å². The van der Waals surface area contributed by atoms with Crippen molar-refractivity contribution in [1.29, 1.82) is 0 Å². The van der Waals surface area contributed by atoms with Crippen LogP contribution in [0.3, 0.4) is 0 Å². The van der Waals surface area contributed by atoms with Crippen molar-refractivity contribution in [3.63, 3.8) is 0 Å². The van der Waals surface area contributed by atoms with Gasteiger partial charge in [-0.05, 0) is 43.7 Å². The molecule has 3 rings (SSSR count). The molecule has 1 heterocycles. The lowest BCUT2D eigenvalue weighted by Crippen LogP contribution is -2.43. The Kier molecular flexibility index (Phi) is 4.71. The van der Waals surface area contributed by atoms with Gasteiger partial charge in [0.05, 0.1) is 18.4 Å². The zero-order chi connectivity index (χ0) is 17.4. The quantitative estimate of drug-likeness (QED) is 0.783. The molecular formula is C18H25NO4S. The van der Waals surface area contributed by atoms with Crippen molar-refractivity contribution in [2.45, 2.75) is 56.4 Å². The summed E-state index contributed by atoms with van der Waals surface area (Å²) >= 11 is 0. The SMILES string of the molecule is COC(=O)CC1N(S(=O)(=O)c2ccc(C)cc2)CCC12CCCC2. The number of sulfonamides is 1. The molecule has 6 heteroatoms. The highest BCUT2D eigenvalue weighted by Crippen LogP contribution is 2.52. The highest BCUT2D eigenvalue weighted by Gasteiger charge is 2.53. The summed E-state index contributed by atoms with van der Waals surface area (Å²) in [5.74, 6) is -0.336. The molecule has 1 aliphatic heterocycles. The van der Waals surface area contributed by atoms with Gasteiger partial charge in [-0.15, -0.1) is 0 Å². The van der Waals surface area contributed by atoms with E-state index in [4.69, 9.17) is 4.74 Å². The average Bonchev–Trinajstić information content (AvgIpc) is 3.17. The fourth-order valence-corrected chi connectivity index (χ4v) is 6.03. The Morgan fingerprint density at radius 1 is 1.21 bits per heavy atom. The van der Waals surface area contributed by atoms with E-state index in [0.29, 0.717) is 11.4 Å². The summed E-state index contributed by atoms with van der Waals surface area (Å²) < 4.78 is 32.7. The van der Waals surface area contributed by atoms with Crippen molar-refractivity contribution in [1.82, 2.24) is 4.31 Å². The second-order valence-corrected chi connectivity index (χ2v) is 8.93. The molecule has 0 N–H and O–H groups in total. The Balaban J connectivity index is 1.95. The number of rotatable bonds is 4. The molecule has 2 aliphatic rings. The van der Waals surface area contributed by atoms with E-state index in [0.717, 1.165) is 37.7 Å². The van der Waals surface area contributed by atoms with Crippen LogP contribution >= 0.6 is 0 Å². The van der Waals surface area contributed by atoms with Crippen LogP contribution in [0.25, 0.3) is 0 Å². The van der Waals surface area contributed by atoms with Crippen molar-refractivity contribution < 1.29 is 17.9 Å². The van der Waals surface area contributed by atoms with Crippen molar-refractivity contribution in [2.24, 2.45) is 5.41 Å². The molecule has 1 saturated carbocycles. The van der Waals surface area contributed by atoms with E-state index in [2.05, 4.69) is 0 Å². The maximum atomic E-state index is 13.1. The van der Waals surface area contributed by atoms with E-state index in [1.165, 1.54) is 7.11 Å². The fourth-order valence-electron chi connectivity index (χ4n) is 4.32. The second kappa shape index (κ2) is 6.48. The van der Waals surface area contributed by atoms with Crippen LogP contribution in [0.5, 0.6) is 0 Å². The molecular weight excluding hydrogens is 326 g/mol. The summed E-state index contributed by atoms with van der Waals surface area (Å²) in [7, 11) is -2.24. The Morgan fingerprint density at radius 3 is 2.42 bits per heavy atom. The molecule has 0 radical (unpaired) electrons. The van der Waals surface area contributed by atoms with Crippen LogP contribution in [0, 0.1) is 12.3 Å². The van der Waals surface area contributed by atoms with E-state index < -0.39 is 10.0 Å². The summed E-state index contributed by atoms with van der Waals surface area (Å²) in [5, 5.41) is 0. The molecule has 132 valence electrons. The van der Waals surface area contributed by atoms with Gasteiger partial charge < -0.3 is 4.74 Å². The number of aryl methyl sites for hydroxylation is 1. The minimum atomic E-state index is -3.60. The van der Waals surface area contributed by atoms with Gasteiger partial charge >= 0.3 is 5.97 Å². The first kappa shape index (κ1) is 17.4. The summed E-state index contributed by atoms with van der Waals surface area (Å²) in [6, 6.07) is 6.63. The van der Waals surface area contributed by atoms with E-state index in [-0.39, 0.29) is 23.8 Å². The number of hydrogen-bond acceptors (Lipinski definition) is 4. The van der Waals surface area contributed by atoms with Gasteiger partial charge in [-0.2, -0.15) is 4.31 Å². The van der Waals surface area contributed by atoms with Gasteiger partial charge in [0.25, 0.3) is 0 Å². The molecule has 1 aliphatic carbocycles. The number of esters is 1. The molecule has 1 unspecified atom stereocenters. The van der Waals surface area contributed by atoms with Gasteiger partial charge in [-0.1, -0.05) is 30.5 Å². The number of hydrogen-bond donors (Lipinski definition) is 0. The van der Waals surface area contributed by atoms with E-state index in [9.17, 15) is 13.2 Å². The minimum Gasteiger partial charge on any atom is -0.469 e. The van der Waals surface area contributed by atoms with Crippen molar-refractivity contribution in [3.8, 4) is 0 Å². The molecule has 0 aromatic heterocycles. The molecule has 24 heavy (non-hydrogen) atoms. The first-order valence-corrected chi connectivity index (χ1v) is 9.98. The summed E-state index contributed by atoms with van der Waals surface area (Å²) in [6.07, 6.45) is 5.18. The van der Waals surface area contributed by atoms with E-state index in [1.54, 1.807) is 16.4 Å². The third-order valence-electron chi connectivity index (χ3n) is 5.70. The summed E-state index contributed by atoms with van der Waals surface area (Å²) in [5.41, 5.74) is 0.958. The van der Waals surface area contributed by atoms with Gasteiger partial charge in [-0.3, -0.25) is 4.79 Å². The number of benzene rings is 1. The van der Waals surface area contributed by atoms with Gasteiger partial charge in [0.2, 0.25) is 10.0 Å². The number of methoxy groups -OCH3 is 1. The van der Waals surface area contributed by atoms with Crippen molar-refractivity contribution in [2.75, 3.05) is 13.7 Å². The summed E-state index contributed by atoms with van der Waals surface area (Å²) in [6.45, 7) is 2.41. The molecule has 1 spiro atoms. The Morgan fingerprint density at radius 2 is 1.83 bits per heavy atom. The van der Waals surface area contributed by atoms with Crippen LogP contribution in [0.15, 0.2) is 29.2 Å². The lowest BCUT2D eigenvalue weighted by atomic mass is 9.77. The molecule has 1 aromatic rings. The molecule has 1 saturated heterocycles. The van der Waals surface area contributed by atoms with Crippen LogP contribution in [0.2, 0.25) is 0 Å². The maximum absolute atomic E-state index is 13.1. The third kappa shape index (κ3) is 2.97. The van der Waals surface area contributed by atoms with Crippen LogP contribution in [-0.4, -0.2) is 38.4 Å². The van der Waals surface area contributed by atoms with Crippen LogP contribution in [0.4, 0.5) is 0 Å². The fraction of sp³-hybridized carbons (Fsp3) is 0.611. The van der Waals surface area contributed by atoms with Crippen molar-refractivity contribution in [3.05, 3.63) is 29.8 Å². The monoisotopic (exact) mass is 351 g/mol. The number of ether oxygens (including phenoxy) is 1. The maximum Gasteiger partial charge on any atom is 0.307 e. The lowest BCUT2D eigenvalue weighted by molar-refractivity contribution is -0.142. The van der Waals surface area contributed by atoms with Gasteiger partial charge in [-0.25, -0.2) is 8.42 Å². The van der Waals surface area contributed by atoms with Crippen LogP contribution in [0.1, 0.15) is 44.1 Å². The second-order valence-electron chi connectivity index (χ2n) is 7.04. The first-order valence-electron chi connectivity index (χ1n) is 8.54. The average molecular weight is 351 g/mol. The molecule has 2 fully saturated rings. The molecule has 1 aromatic carbocycles. The van der Waals surface area contributed by atoms with E-state index in [1.807, 2.05) is 19.1 Å². The standard InChI is InChI=1S/C18H25NO4S/c1-14-5-7-15(8-6-14)24(21,22)19-12-11-18(9-3-4-10-18)16(19)13-17(20)23-2/h5-8,16H,3-4,9-13H2,1-2H3. The zero-order valence-electron chi connectivity index (χ0n) is 14.3. The molecule has 1 atom stereocenters. The number of carbonyl (C=O) groups excluding carboxylic acids is 1. The van der Waals surface area contributed by atoms with Gasteiger partial charge in [0.15, 0.2) is 0 Å². The van der Waals surface area contributed by atoms with Crippen LogP contribution in [-0.2, 0) is 19.6 Å². The predicted octanol–water partition coefficient (Wildman–Crippen LogP) is 2.88. The normalized spacial score (nSPS) is 23.7. The highest BCUT2D eigenvalue weighted by molar-refractivity contribution is 7.89. The first-order chi connectivity index (χ1) is 11.4. The number of nitrogens with zero attached hydrogens (tertiary/aromatic N) is 1. The zero-order valence-corrected chi connectivity index (χ0v) is 15.1. The lowest BCUT2D eigenvalue weighted by Gasteiger charge is -2.34. The topological polar surface area (TPSA) is 63.7 Å². The Labute approximate surface area is 144 Å². The number of carbonyl (C=O) groups is 1. The Hall–Kier alpha value is -1.40. The smallest absolute Gasteiger partial charge is 0.307 e. The summed E-state index contributed by atoms with van der Waals surface area (Å²) in [4.78, 5) is 12.2. The molecule has 5 nitrogen and oxygen atoms in total. The third-order valence-corrected chi connectivity index (χ3v) is 7.62.